The summed E-state index contributed by atoms with van der Waals surface area (Å²) in [5.41, 5.74) is 5.53. The van der Waals surface area contributed by atoms with Crippen molar-refractivity contribution in [3.63, 3.8) is 0 Å². The molecule has 1 aromatic heterocycles. The van der Waals surface area contributed by atoms with E-state index in [-0.39, 0.29) is 17.0 Å². The van der Waals surface area contributed by atoms with Gasteiger partial charge in [0.15, 0.2) is 5.03 Å². The summed E-state index contributed by atoms with van der Waals surface area (Å²) >= 11 is 0. The highest BCUT2D eigenvalue weighted by atomic mass is 32.2. The Morgan fingerprint density at radius 1 is 1.50 bits per heavy atom. The first-order valence-electron chi connectivity index (χ1n) is 6.08. The van der Waals surface area contributed by atoms with Crippen LogP contribution < -0.4 is 10.5 Å². The quantitative estimate of drug-likeness (QED) is 0.789. The summed E-state index contributed by atoms with van der Waals surface area (Å²) in [7, 11) is -3.56. The van der Waals surface area contributed by atoms with Gasteiger partial charge in [0.2, 0.25) is 0 Å². The molecule has 2 unspecified atom stereocenters. The van der Waals surface area contributed by atoms with Gasteiger partial charge in [0, 0.05) is 18.8 Å². The maximum absolute atomic E-state index is 12.1. The number of sulfonamides is 1. The van der Waals surface area contributed by atoms with Crippen molar-refractivity contribution in [3.8, 4) is 0 Å². The SMILES string of the molecule is CCn1cc(S(=O)(=O)NC(C)C(C)CN)nc1C. The Morgan fingerprint density at radius 2 is 2.11 bits per heavy atom. The van der Waals surface area contributed by atoms with Crippen LogP contribution in [0, 0.1) is 12.8 Å². The fourth-order valence-corrected chi connectivity index (χ4v) is 2.92. The van der Waals surface area contributed by atoms with Crippen LogP contribution in [-0.4, -0.2) is 30.6 Å². The van der Waals surface area contributed by atoms with Gasteiger partial charge in [-0.15, -0.1) is 0 Å². The van der Waals surface area contributed by atoms with Crippen molar-refractivity contribution in [3.05, 3.63) is 12.0 Å². The third-order valence-corrected chi connectivity index (χ3v) is 4.57. The highest BCUT2D eigenvalue weighted by molar-refractivity contribution is 7.89. The zero-order chi connectivity index (χ0) is 13.9. The predicted octanol–water partition coefficient (Wildman–Crippen LogP) is 0.473. The number of aryl methyl sites for hydroxylation is 2. The van der Waals surface area contributed by atoms with Crippen molar-refractivity contribution in [2.45, 2.75) is 45.3 Å². The molecule has 0 aromatic carbocycles. The molecule has 1 rings (SSSR count). The molecule has 0 bridgehead atoms. The number of hydrogen-bond donors (Lipinski definition) is 2. The molecule has 1 aromatic rings. The van der Waals surface area contributed by atoms with E-state index >= 15 is 0 Å². The van der Waals surface area contributed by atoms with Gasteiger partial charge in [-0.2, -0.15) is 0 Å². The standard InChI is InChI=1S/C11H22N4O2S/c1-5-15-7-11(13-10(15)4)18(16,17)14-9(3)8(2)6-12/h7-9,14H,5-6,12H2,1-4H3. The zero-order valence-electron chi connectivity index (χ0n) is 11.3. The van der Waals surface area contributed by atoms with Gasteiger partial charge in [-0.3, -0.25) is 0 Å². The lowest BCUT2D eigenvalue weighted by atomic mass is 10.1. The molecule has 7 heteroatoms. The van der Waals surface area contributed by atoms with E-state index in [1.54, 1.807) is 24.6 Å². The molecular formula is C11H22N4O2S. The monoisotopic (exact) mass is 274 g/mol. The normalized spacial score (nSPS) is 15.6. The molecule has 1 heterocycles. The van der Waals surface area contributed by atoms with E-state index in [0.29, 0.717) is 18.9 Å². The Balaban J connectivity index is 2.92. The topological polar surface area (TPSA) is 90.0 Å². The molecule has 0 fully saturated rings. The lowest BCUT2D eigenvalue weighted by molar-refractivity contribution is 0.452. The molecule has 6 nitrogen and oxygen atoms in total. The van der Waals surface area contributed by atoms with E-state index in [2.05, 4.69) is 9.71 Å². The van der Waals surface area contributed by atoms with E-state index in [4.69, 9.17) is 5.73 Å². The molecule has 2 atom stereocenters. The van der Waals surface area contributed by atoms with Crippen molar-refractivity contribution in [1.82, 2.24) is 14.3 Å². The fraction of sp³-hybridized carbons (Fsp3) is 0.727. The summed E-state index contributed by atoms with van der Waals surface area (Å²) in [5, 5.41) is 0.0675. The maximum atomic E-state index is 12.1. The highest BCUT2D eigenvalue weighted by Gasteiger charge is 2.23. The van der Waals surface area contributed by atoms with Crippen LogP contribution in [0.3, 0.4) is 0 Å². The van der Waals surface area contributed by atoms with Crippen LogP contribution in [-0.2, 0) is 16.6 Å². The molecule has 104 valence electrons. The van der Waals surface area contributed by atoms with Crippen LogP contribution in [0.2, 0.25) is 0 Å². The Hall–Kier alpha value is -0.920. The van der Waals surface area contributed by atoms with Gasteiger partial charge >= 0.3 is 0 Å². The van der Waals surface area contributed by atoms with Crippen molar-refractivity contribution in [1.29, 1.82) is 0 Å². The average molecular weight is 274 g/mol. The van der Waals surface area contributed by atoms with Crippen molar-refractivity contribution in [2.75, 3.05) is 6.54 Å². The predicted molar refractivity (Wildman–Crippen MR) is 70.6 cm³/mol. The summed E-state index contributed by atoms with van der Waals surface area (Å²) < 4.78 is 28.6. The van der Waals surface area contributed by atoms with E-state index in [9.17, 15) is 8.42 Å². The molecule has 0 aliphatic carbocycles. The Kier molecular flexibility index (Phi) is 4.89. The van der Waals surface area contributed by atoms with Crippen molar-refractivity contribution < 1.29 is 8.42 Å². The van der Waals surface area contributed by atoms with E-state index in [1.165, 1.54) is 0 Å². The number of nitrogens with zero attached hydrogens (tertiary/aromatic N) is 2. The molecule has 0 saturated carbocycles. The molecule has 0 aliphatic rings. The van der Waals surface area contributed by atoms with Gasteiger partial charge in [-0.05, 0) is 33.2 Å². The fourth-order valence-electron chi connectivity index (χ4n) is 1.55. The van der Waals surface area contributed by atoms with Gasteiger partial charge < -0.3 is 10.3 Å². The zero-order valence-corrected chi connectivity index (χ0v) is 12.2. The second-order valence-corrected chi connectivity index (χ2v) is 6.20. The van der Waals surface area contributed by atoms with E-state index in [1.807, 2.05) is 13.8 Å². The molecule has 3 N–H and O–H groups in total. The van der Waals surface area contributed by atoms with Crippen LogP contribution in [0.5, 0.6) is 0 Å². The summed E-state index contributed by atoms with van der Waals surface area (Å²) in [6.45, 7) is 8.57. The van der Waals surface area contributed by atoms with Crippen LogP contribution in [0.4, 0.5) is 0 Å². The second kappa shape index (κ2) is 5.81. The van der Waals surface area contributed by atoms with Crippen LogP contribution >= 0.6 is 0 Å². The van der Waals surface area contributed by atoms with Crippen LogP contribution in [0.15, 0.2) is 11.2 Å². The van der Waals surface area contributed by atoms with Gasteiger partial charge in [-0.1, -0.05) is 6.92 Å². The first-order chi connectivity index (χ1) is 8.31. The maximum Gasteiger partial charge on any atom is 0.259 e. The minimum atomic E-state index is -3.56. The Bertz CT molecular complexity index is 495. The molecule has 0 saturated heterocycles. The van der Waals surface area contributed by atoms with Gasteiger partial charge in [0.25, 0.3) is 10.0 Å². The summed E-state index contributed by atoms with van der Waals surface area (Å²) in [4.78, 5) is 4.07. The summed E-state index contributed by atoms with van der Waals surface area (Å²) in [5.74, 6) is 0.770. The number of nitrogens with one attached hydrogen (secondary N) is 1. The number of imidazole rings is 1. The lowest BCUT2D eigenvalue weighted by Crippen LogP contribution is -2.39. The van der Waals surface area contributed by atoms with Gasteiger partial charge in [0.05, 0.1) is 0 Å². The highest BCUT2D eigenvalue weighted by Crippen LogP contribution is 2.11. The number of hydrogen-bond acceptors (Lipinski definition) is 4. The van der Waals surface area contributed by atoms with Gasteiger partial charge in [0.1, 0.15) is 5.82 Å². The minimum absolute atomic E-state index is 0.0675. The Morgan fingerprint density at radius 3 is 2.56 bits per heavy atom. The number of nitrogens with two attached hydrogens (primary N) is 1. The second-order valence-electron chi connectivity index (χ2n) is 4.54. The molecular weight excluding hydrogens is 252 g/mol. The van der Waals surface area contributed by atoms with Crippen molar-refractivity contribution >= 4 is 10.0 Å². The molecule has 0 spiro atoms. The number of rotatable bonds is 6. The molecule has 0 amide bonds. The smallest absolute Gasteiger partial charge is 0.259 e. The summed E-state index contributed by atoms with van der Waals surface area (Å²) in [6, 6.07) is -0.216. The lowest BCUT2D eigenvalue weighted by Gasteiger charge is -2.18. The third kappa shape index (κ3) is 3.30. The van der Waals surface area contributed by atoms with Crippen LogP contribution in [0.1, 0.15) is 26.6 Å². The first kappa shape index (κ1) is 15.1. The number of aromatic nitrogens is 2. The largest absolute Gasteiger partial charge is 0.334 e. The Labute approximate surface area is 109 Å². The minimum Gasteiger partial charge on any atom is -0.334 e. The molecule has 0 aliphatic heterocycles. The molecule has 18 heavy (non-hydrogen) atoms. The third-order valence-electron chi connectivity index (χ3n) is 3.14. The van der Waals surface area contributed by atoms with E-state index in [0.717, 1.165) is 0 Å². The average Bonchev–Trinajstić information content (AvgIpc) is 2.69. The van der Waals surface area contributed by atoms with Crippen molar-refractivity contribution in [2.24, 2.45) is 11.7 Å². The van der Waals surface area contributed by atoms with Gasteiger partial charge in [-0.25, -0.2) is 18.1 Å². The first-order valence-corrected chi connectivity index (χ1v) is 7.56. The van der Waals surface area contributed by atoms with E-state index < -0.39 is 10.0 Å². The molecule has 0 radical (unpaired) electrons. The van der Waals surface area contributed by atoms with Crippen LogP contribution in [0.25, 0.3) is 0 Å². The summed E-state index contributed by atoms with van der Waals surface area (Å²) in [6.07, 6.45) is 1.55.